The van der Waals surface area contributed by atoms with E-state index in [1.807, 2.05) is 6.07 Å². The number of H-pyrrole nitrogens is 1. The predicted octanol–water partition coefficient (Wildman–Crippen LogP) is 3.42. The summed E-state index contributed by atoms with van der Waals surface area (Å²) >= 11 is 0. The van der Waals surface area contributed by atoms with E-state index in [4.69, 9.17) is 0 Å². The zero-order valence-corrected chi connectivity index (χ0v) is 13.7. The van der Waals surface area contributed by atoms with Crippen molar-refractivity contribution >= 4 is 22.5 Å². The lowest BCUT2D eigenvalue weighted by Crippen LogP contribution is -2.28. The van der Waals surface area contributed by atoms with Crippen molar-refractivity contribution < 1.29 is 9.18 Å². The molecular formula is C19H19FN4O. The molecule has 5 nitrogen and oxygen atoms in total. The molecule has 2 heterocycles. The van der Waals surface area contributed by atoms with Gasteiger partial charge in [0.1, 0.15) is 5.82 Å². The molecule has 1 saturated heterocycles. The molecule has 1 atom stereocenters. The zero-order chi connectivity index (χ0) is 17.2. The van der Waals surface area contributed by atoms with E-state index >= 15 is 0 Å². The van der Waals surface area contributed by atoms with Gasteiger partial charge in [-0.25, -0.2) is 4.39 Å². The largest absolute Gasteiger partial charge is 0.322 e. The van der Waals surface area contributed by atoms with Gasteiger partial charge >= 0.3 is 0 Å². The summed E-state index contributed by atoms with van der Waals surface area (Å²) in [7, 11) is 0. The summed E-state index contributed by atoms with van der Waals surface area (Å²) in [6.45, 7) is 1.79. The van der Waals surface area contributed by atoms with Crippen LogP contribution in [0.15, 0.2) is 42.6 Å². The van der Waals surface area contributed by atoms with Crippen LogP contribution in [0.5, 0.6) is 0 Å². The van der Waals surface area contributed by atoms with Crippen LogP contribution in [0.3, 0.4) is 0 Å². The third kappa shape index (κ3) is 3.13. The third-order valence-electron chi connectivity index (χ3n) is 4.72. The second kappa shape index (κ2) is 6.64. The predicted molar refractivity (Wildman–Crippen MR) is 95.3 cm³/mol. The molecule has 3 N–H and O–H groups in total. The maximum Gasteiger partial charge on any atom is 0.257 e. The van der Waals surface area contributed by atoms with Gasteiger partial charge in [0, 0.05) is 17.6 Å². The Labute approximate surface area is 144 Å². The van der Waals surface area contributed by atoms with E-state index in [1.54, 1.807) is 30.5 Å². The highest BCUT2D eigenvalue weighted by molar-refractivity contribution is 6.11. The first kappa shape index (κ1) is 15.8. The highest BCUT2D eigenvalue weighted by Gasteiger charge is 2.19. The minimum absolute atomic E-state index is 0.192. The van der Waals surface area contributed by atoms with Gasteiger partial charge in [0.05, 0.1) is 17.3 Å². The van der Waals surface area contributed by atoms with Gasteiger partial charge in [-0.15, -0.1) is 0 Å². The van der Waals surface area contributed by atoms with Gasteiger partial charge in [-0.2, -0.15) is 5.10 Å². The molecule has 1 aliphatic heterocycles. The number of piperidine rings is 1. The van der Waals surface area contributed by atoms with Crippen LogP contribution in [-0.4, -0.2) is 29.2 Å². The minimum Gasteiger partial charge on any atom is -0.322 e. The Morgan fingerprint density at radius 1 is 1.28 bits per heavy atom. The monoisotopic (exact) mass is 338 g/mol. The molecular weight excluding hydrogens is 319 g/mol. The Morgan fingerprint density at radius 3 is 3.00 bits per heavy atom. The smallest absolute Gasteiger partial charge is 0.257 e. The van der Waals surface area contributed by atoms with E-state index in [-0.39, 0.29) is 17.6 Å². The first-order valence-corrected chi connectivity index (χ1v) is 8.46. The number of para-hydroxylation sites is 1. The molecule has 0 saturated carbocycles. The van der Waals surface area contributed by atoms with Crippen LogP contribution in [0.4, 0.5) is 10.1 Å². The molecule has 0 unspecified atom stereocenters. The number of fused-ring (bicyclic) bond motifs is 1. The van der Waals surface area contributed by atoms with Crippen molar-refractivity contribution in [1.82, 2.24) is 15.5 Å². The quantitative estimate of drug-likeness (QED) is 0.685. The Kier molecular flexibility index (Phi) is 4.19. The van der Waals surface area contributed by atoms with Gasteiger partial charge < -0.3 is 10.6 Å². The topological polar surface area (TPSA) is 69.8 Å². The highest BCUT2D eigenvalue weighted by Crippen LogP contribution is 2.27. The lowest BCUT2D eigenvalue weighted by atomic mass is 9.91. The molecule has 0 spiro atoms. The van der Waals surface area contributed by atoms with Crippen LogP contribution < -0.4 is 10.6 Å². The number of hydrogen-bond acceptors (Lipinski definition) is 3. The fourth-order valence-corrected chi connectivity index (χ4v) is 3.41. The Bertz CT molecular complexity index is 915. The molecule has 6 heteroatoms. The summed E-state index contributed by atoms with van der Waals surface area (Å²) in [6, 6.07) is 10.3. The first-order chi connectivity index (χ1) is 12.2. The van der Waals surface area contributed by atoms with E-state index in [0.29, 0.717) is 22.3 Å². The van der Waals surface area contributed by atoms with Gasteiger partial charge in [-0.1, -0.05) is 18.2 Å². The average Bonchev–Trinajstić information content (AvgIpc) is 3.11. The minimum atomic E-state index is -0.290. The van der Waals surface area contributed by atoms with Crippen LogP contribution in [0.1, 0.15) is 34.7 Å². The molecule has 1 aliphatic rings. The summed E-state index contributed by atoms with van der Waals surface area (Å²) in [5, 5.41) is 13.7. The summed E-state index contributed by atoms with van der Waals surface area (Å²) in [5.41, 5.74) is 2.31. The number of aromatic amines is 1. The maximum absolute atomic E-state index is 14.5. The van der Waals surface area contributed by atoms with Gasteiger partial charge in [0.25, 0.3) is 5.91 Å². The molecule has 25 heavy (non-hydrogen) atoms. The van der Waals surface area contributed by atoms with E-state index in [2.05, 4.69) is 20.8 Å². The third-order valence-corrected chi connectivity index (χ3v) is 4.72. The number of nitrogens with one attached hydrogen (secondary N) is 3. The molecule has 0 radical (unpaired) electrons. The molecule has 4 rings (SSSR count). The second-order valence-corrected chi connectivity index (χ2v) is 6.37. The van der Waals surface area contributed by atoms with Gasteiger partial charge in [0.15, 0.2) is 0 Å². The van der Waals surface area contributed by atoms with Crippen LogP contribution in [0.2, 0.25) is 0 Å². The van der Waals surface area contributed by atoms with E-state index in [9.17, 15) is 9.18 Å². The molecule has 3 aromatic rings. The van der Waals surface area contributed by atoms with Gasteiger partial charge in [-0.3, -0.25) is 9.89 Å². The van der Waals surface area contributed by atoms with Gasteiger partial charge in [0.2, 0.25) is 0 Å². The van der Waals surface area contributed by atoms with E-state index in [0.717, 1.165) is 31.3 Å². The number of halogens is 1. The van der Waals surface area contributed by atoms with Crippen molar-refractivity contribution in [3.8, 4) is 0 Å². The number of nitrogens with zero attached hydrogens (tertiary/aromatic N) is 1. The second-order valence-electron chi connectivity index (χ2n) is 6.37. The average molecular weight is 338 g/mol. The number of carbonyl (C=O) groups excluding carboxylic acids is 1. The molecule has 1 amide bonds. The lowest BCUT2D eigenvalue weighted by molar-refractivity contribution is 0.102. The summed E-state index contributed by atoms with van der Waals surface area (Å²) in [4.78, 5) is 12.5. The fourth-order valence-electron chi connectivity index (χ4n) is 3.41. The Hall–Kier alpha value is -2.73. The van der Waals surface area contributed by atoms with Crippen molar-refractivity contribution in [3.63, 3.8) is 0 Å². The molecule has 128 valence electrons. The van der Waals surface area contributed by atoms with Crippen molar-refractivity contribution in [2.45, 2.75) is 18.8 Å². The Morgan fingerprint density at radius 2 is 2.20 bits per heavy atom. The highest BCUT2D eigenvalue weighted by atomic mass is 19.1. The number of benzene rings is 2. The Balaban J connectivity index is 1.55. The van der Waals surface area contributed by atoms with Crippen LogP contribution >= 0.6 is 0 Å². The van der Waals surface area contributed by atoms with Crippen molar-refractivity contribution in [2.75, 3.05) is 18.4 Å². The maximum atomic E-state index is 14.5. The summed E-state index contributed by atoms with van der Waals surface area (Å²) in [5.74, 6) is -0.371. The zero-order valence-electron chi connectivity index (χ0n) is 13.7. The van der Waals surface area contributed by atoms with E-state index < -0.39 is 0 Å². The van der Waals surface area contributed by atoms with Crippen LogP contribution in [-0.2, 0) is 0 Å². The van der Waals surface area contributed by atoms with Gasteiger partial charge in [-0.05, 0) is 49.1 Å². The molecule has 1 fully saturated rings. The molecule has 2 aromatic carbocycles. The number of rotatable bonds is 3. The SMILES string of the molecule is O=C(Nc1ccc([C@H]2CCCNC2)c(F)c1)c1cccc2cn[nH]c12. The van der Waals surface area contributed by atoms with Crippen molar-refractivity contribution in [3.05, 3.63) is 59.5 Å². The molecule has 0 aliphatic carbocycles. The number of carbonyl (C=O) groups is 1. The number of hydrogen-bond donors (Lipinski definition) is 3. The number of amides is 1. The normalized spacial score (nSPS) is 17.6. The number of aromatic nitrogens is 2. The van der Waals surface area contributed by atoms with Crippen LogP contribution in [0.25, 0.3) is 10.9 Å². The number of anilines is 1. The standard InChI is InChI=1S/C19H19FN4O/c20-17-9-14(6-7-15(17)12-4-2-8-21-10-12)23-19(25)16-5-1-3-13-11-22-24-18(13)16/h1,3,5-7,9,11-12,21H,2,4,8,10H2,(H,22,24)(H,23,25)/t12-/m0/s1. The lowest BCUT2D eigenvalue weighted by Gasteiger charge is -2.23. The van der Waals surface area contributed by atoms with Crippen LogP contribution in [0, 0.1) is 5.82 Å². The first-order valence-electron chi connectivity index (χ1n) is 8.46. The molecule has 0 bridgehead atoms. The van der Waals surface area contributed by atoms with Crippen molar-refractivity contribution in [2.24, 2.45) is 0 Å². The van der Waals surface area contributed by atoms with E-state index in [1.165, 1.54) is 6.07 Å². The fraction of sp³-hybridized carbons (Fsp3) is 0.263. The summed E-state index contributed by atoms with van der Waals surface area (Å²) in [6.07, 6.45) is 3.70. The summed E-state index contributed by atoms with van der Waals surface area (Å²) < 4.78 is 14.5. The molecule has 1 aromatic heterocycles. The van der Waals surface area contributed by atoms with Crippen molar-refractivity contribution in [1.29, 1.82) is 0 Å².